The van der Waals surface area contributed by atoms with Gasteiger partial charge in [-0.25, -0.2) is 0 Å². The van der Waals surface area contributed by atoms with Crippen molar-refractivity contribution in [2.45, 2.75) is 19.1 Å². The number of pyridine rings is 1. The van der Waals surface area contributed by atoms with E-state index in [0.717, 1.165) is 12.3 Å². The number of halogens is 3. The Balaban J connectivity index is 3.15. The molecule has 0 fully saturated rings. The molecule has 1 aromatic heterocycles. The van der Waals surface area contributed by atoms with Gasteiger partial charge in [-0.15, -0.1) is 0 Å². The van der Waals surface area contributed by atoms with Crippen LogP contribution in [0.5, 0.6) is 0 Å². The van der Waals surface area contributed by atoms with Gasteiger partial charge in [-0.05, 0) is 6.92 Å². The summed E-state index contributed by atoms with van der Waals surface area (Å²) in [7, 11) is 0. The summed E-state index contributed by atoms with van der Waals surface area (Å²) < 4.78 is 36.4. The van der Waals surface area contributed by atoms with Crippen molar-refractivity contribution in [3.05, 3.63) is 33.7 Å². The average Bonchev–Trinajstić information content (AvgIpc) is 2.01. The molecule has 0 spiro atoms. The van der Waals surface area contributed by atoms with Gasteiger partial charge in [0.05, 0.1) is 0 Å². The molecule has 1 aromatic rings. The summed E-state index contributed by atoms with van der Waals surface area (Å²) in [5.41, 5.74) is 4.20. The van der Waals surface area contributed by atoms with E-state index in [-0.39, 0.29) is 0 Å². The third-order valence-corrected chi connectivity index (χ3v) is 1.78. The Morgan fingerprint density at radius 2 is 2.07 bits per heavy atom. The van der Waals surface area contributed by atoms with Crippen molar-refractivity contribution in [1.29, 1.82) is 0 Å². The maximum atomic E-state index is 12.1. The Morgan fingerprint density at radius 3 is 2.50 bits per heavy atom. The van der Waals surface area contributed by atoms with Crippen LogP contribution in [0.25, 0.3) is 0 Å². The number of rotatable bonds is 1. The lowest BCUT2D eigenvalue weighted by Gasteiger charge is -2.14. The van der Waals surface area contributed by atoms with Crippen LogP contribution in [0.4, 0.5) is 13.2 Å². The fourth-order valence-corrected chi connectivity index (χ4v) is 1.00. The van der Waals surface area contributed by atoms with E-state index in [1.807, 2.05) is 0 Å². The molecule has 0 radical (unpaired) electrons. The van der Waals surface area contributed by atoms with Crippen molar-refractivity contribution >= 4 is 0 Å². The lowest BCUT2D eigenvalue weighted by Crippen LogP contribution is -2.32. The van der Waals surface area contributed by atoms with E-state index < -0.39 is 23.2 Å². The van der Waals surface area contributed by atoms with Crippen LogP contribution in [0.15, 0.2) is 17.1 Å². The minimum absolute atomic E-state index is 0.469. The summed E-state index contributed by atoms with van der Waals surface area (Å²) >= 11 is 0. The van der Waals surface area contributed by atoms with Gasteiger partial charge in [0, 0.05) is 23.5 Å². The van der Waals surface area contributed by atoms with E-state index in [1.165, 1.54) is 0 Å². The van der Waals surface area contributed by atoms with Gasteiger partial charge in [-0.1, -0.05) is 0 Å². The van der Waals surface area contributed by atoms with Crippen LogP contribution in [0, 0.1) is 6.92 Å². The number of alkyl halides is 3. The van der Waals surface area contributed by atoms with E-state index >= 15 is 0 Å². The summed E-state index contributed by atoms with van der Waals surface area (Å²) in [5.74, 6) is 0. The van der Waals surface area contributed by atoms with Gasteiger partial charge in [0.2, 0.25) is 0 Å². The van der Waals surface area contributed by atoms with Gasteiger partial charge in [0.25, 0.3) is 0 Å². The van der Waals surface area contributed by atoms with Gasteiger partial charge >= 0.3 is 6.18 Å². The molecule has 1 rings (SSSR count). The lowest BCUT2D eigenvalue weighted by atomic mass is 10.1. The Kier molecular flexibility index (Phi) is 2.66. The molecule has 0 saturated carbocycles. The molecule has 0 amide bonds. The van der Waals surface area contributed by atoms with Crippen molar-refractivity contribution in [3.63, 3.8) is 0 Å². The first-order valence-electron chi connectivity index (χ1n) is 3.84. The van der Waals surface area contributed by atoms with Crippen LogP contribution >= 0.6 is 0 Å². The van der Waals surface area contributed by atoms with Crippen LogP contribution in [0.2, 0.25) is 0 Å². The molecule has 3 nitrogen and oxygen atoms in total. The molecule has 1 heterocycles. The summed E-state index contributed by atoms with van der Waals surface area (Å²) in [4.78, 5) is 13.6. The largest absolute Gasteiger partial charge is 0.407 e. The van der Waals surface area contributed by atoms with Crippen LogP contribution in [-0.4, -0.2) is 11.2 Å². The van der Waals surface area contributed by atoms with Crippen molar-refractivity contribution in [2.75, 3.05) is 0 Å². The Labute approximate surface area is 77.7 Å². The highest BCUT2D eigenvalue weighted by Gasteiger charge is 2.39. The van der Waals surface area contributed by atoms with Crippen molar-refractivity contribution in [3.8, 4) is 0 Å². The van der Waals surface area contributed by atoms with Crippen molar-refractivity contribution in [2.24, 2.45) is 5.73 Å². The zero-order chi connectivity index (χ0) is 10.9. The molecule has 1 atom stereocenters. The summed E-state index contributed by atoms with van der Waals surface area (Å²) in [6, 6.07) is -1.15. The average molecular weight is 206 g/mol. The van der Waals surface area contributed by atoms with Gasteiger partial charge in [-0.2, -0.15) is 13.2 Å². The number of hydrogen-bond donors (Lipinski definition) is 2. The molecular formula is C8H9F3N2O. The fraction of sp³-hybridized carbons (Fsp3) is 0.375. The van der Waals surface area contributed by atoms with Crippen LogP contribution in [0.1, 0.15) is 17.3 Å². The van der Waals surface area contributed by atoms with Crippen molar-refractivity contribution in [1.82, 2.24) is 4.98 Å². The smallest absolute Gasteiger partial charge is 0.365 e. The zero-order valence-electron chi connectivity index (χ0n) is 7.35. The van der Waals surface area contributed by atoms with E-state index in [1.54, 1.807) is 6.92 Å². The van der Waals surface area contributed by atoms with Crippen LogP contribution < -0.4 is 11.2 Å². The first-order chi connectivity index (χ1) is 6.32. The number of hydrogen-bond acceptors (Lipinski definition) is 2. The Hall–Kier alpha value is -1.30. The molecule has 78 valence electrons. The fourth-order valence-electron chi connectivity index (χ4n) is 1.00. The molecule has 14 heavy (non-hydrogen) atoms. The SMILES string of the molecule is Cc1cc(=O)c(C(N)C(F)(F)F)c[nH]1. The monoisotopic (exact) mass is 206 g/mol. The first-order valence-corrected chi connectivity index (χ1v) is 3.84. The van der Waals surface area contributed by atoms with Gasteiger partial charge in [0.15, 0.2) is 5.43 Å². The highest BCUT2D eigenvalue weighted by atomic mass is 19.4. The molecule has 6 heteroatoms. The lowest BCUT2D eigenvalue weighted by molar-refractivity contribution is -0.149. The second kappa shape index (κ2) is 3.45. The second-order valence-electron chi connectivity index (χ2n) is 2.95. The summed E-state index contributed by atoms with van der Waals surface area (Å²) in [5, 5.41) is 0. The topological polar surface area (TPSA) is 58.9 Å². The predicted octanol–water partition coefficient (Wildman–Crippen LogP) is 1.25. The minimum atomic E-state index is -4.59. The maximum absolute atomic E-state index is 12.1. The number of aryl methyl sites for hydroxylation is 1. The number of nitrogens with one attached hydrogen (secondary N) is 1. The van der Waals surface area contributed by atoms with Gasteiger partial charge in [0.1, 0.15) is 6.04 Å². The maximum Gasteiger partial charge on any atom is 0.407 e. The molecule has 0 aliphatic heterocycles. The number of H-pyrrole nitrogens is 1. The summed E-state index contributed by atoms with van der Waals surface area (Å²) in [6.07, 6.45) is -3.60. The highest BCUT2D eigenvalue weighted by Crippen LogP contribution is 2.28. The quantitative estimate of drug-likeness (QED) is 0.726. The highest BCUT2D eigenvalue weighted by molar-refractivity contribution is 5.18. The molecule has 1 unspecified atom stereocenters. The number of aromatic nitrogens is 1. The Bertz CT molecular complexity index is 383. The third kappa shape index (κ3) is 2.14. The molecule has 0 aliphatic rings. The van der Waals surface area contributed by atoms with Crippen LogP contribution in [-0.2, 0) is 0 Å². The van der Waals surface area contributed by atoms with E-state index in [4.69, 9.17) is 5.73 Å². The number of aromatic amines is 1. The molecule has 0 aromatic carbocycles. The zero-order valence-corrected chi connectivity index (χ0v) is 7.35. The molecule has 0 aliphatic carbocycles. The molecular weight excluding hydrogens is 197 g/mol. The van der Waals surface area contributed by atoms with E-state index in [2.05, 4.69) is 4.98 Å². The predicted molar refractivity (Wildman–Crippen MR) is 44.8 cm³/mol. The first kappa shape index (κ1) is 10.8. The normalized spacial score (nSPS) is 14.1. The molecule has 0 bridgehead atoms. The standard InChI is InChI=1S/C8H9F3N2O/c1-4-2-6(14)5(3-13-4)7(12)8(9,10)11/h2-3,7H,12H2,1H3,(H,13,14). The van der Waals surface area contributed by atoms with Gasteiger partial charge in [-0.3, -0.25) is 4.79 Å². The third-order valence-electron chi connectivity index (χ3n) is 1.78. The molecule has 3 N–H and O–H groups in total. The van der Waals surface area contributed by atoms with E-state index in [9.17, 15) is 18.0 Å². The van der Waals surface area contributed by atoms with Crippen molar-refractivity contribution < 1.29 is 13.2 Å². The summed E-state index contributed by atoms with van der Waals surface area (Å²) in [6.45, 7) is 1.57. The van der Waals surface area contributed by atoms with Gasteiger partial charge < -0.3 is 10.7 Å². The Morgan fingerprint density at radius 1 is 1.50 bits per heavy atom. The molecule has 0 saturated heterocycles. The van der Waals surface area contributed by atoms with E-state index in [0.29, 0.717) is 5.69 Å². The number of nitrogens with two attached hydrogens (primary N) is 1. The minimum Gasteiger partial charge on any atom is -0.365 e. The van der Waals surface area contributed by atoms with Crippen LogP contribution in [0.3, 0.4) is 0 Å². The second-order valence-corrected chi connectivity index (χ2v) is 2.95.